The number of pyridine rings is 1. The van der Waals surface area contributed by atoms with Crippen molar-refractivity contribution in [3.63, 3.8) is 0 Å². The van der Waals surface area contributed by atoms with Gasteiger partial charge in [-0.25, -0.2) is 14.6 Å². The van der Waals surface area contributed by atoms with Gasteiger partial charge >= 0.3 is 11.9 Å². The first-order chi connectivity index (χ1) is 13.4. The fourth-order valence-electron chi connectivity index (χ4n) is 2.33. The summed E-state index contributed by atoms with van der Waals surface area (Å²) in [6.45, 7) is 7.15. The highest BCUT2D eigenvalue weighted by Gasteiger charge is 2.23. The van der Waals surface area contributed by atoms with Crippen LogP contribution in [0.1, 0.15) is 45.0 Å². The molecule has 0 radical (unpaired) electrons. The van der Waals surface area contributed by atoms with Crippen molar-refractivity contribution in [2.75, 3.05) is 25.1 Å². The number of carbonyl (C=O) groups excluding carboxylic acids is 3. The number of thiophene rings is 1. The summed E-state index contributed by atoms with van der Waals surface area (Å²) in [5.74, 6) is -1.66. The molecule has 0 aliphatic heterocycles. The summed E-state index contributed by atoms with van der Waals surface area (Å²) in [5.41, 5.74) is 1.19. The fourth-order valence-corrected chi connectivity index (χ4v) is 3.40. The highest BCUT2D eigenvalue weighted by atomic mass is 32.1. The van der Waals surface area contributed by atoms with Gasteiger partial charge in [0.1, 0.15) is 10.6 Å². The minimum absolute atomic E-state index is 0.132. The summed E-state index contributed by atoms with van der Waals surface area (Å²) in [6.07, 6.45) is 1.49. The van der Waals surface area contributed by atoms with Crippen molar-refractivity contribution in [2.24, 2.45) is 0 Å². The van der Waals surface area contributed by atoms with Gasteiger partial charge in [-0.2, -0.15) is 0 Å². The molecule has 9 heteroatoms. The predicted molar refractivity (Wildman–Crippen MR) is 104 cm³/mol. The molecule has 0 atom stereocenters. The third kappa shape index (κ3) is 5.07. The summed E-state index contributed by atoms with van der Waals surface area (Å²) in [4.78, 5) is 41.5. The van der Waals surface area contributed by atoms with Gasteiger partial charge in [0, 0.05) is 11.1 Å². The second-order valence-corrected chi connectivity index (χ2v) is 6.85. The maximum Gasteiger partial charge on any atom is 0.344 e. The minimum atomic E-state index is -0.726. The maximum atomic E-state index is 12.2. The monoisotopic (exact) mass is 406 g/mol. The number of nitrogens with zero attached hydrogens (tertiary/aromatic N) is 1. The quantitative estimate of drug-likeness (QED) is 0.672. The highest BCUT2D eigenvalue weighted by Crippen LogP contribution is 2.33. The van der Waals surface area contributed by atoms with Gasteiger partial charge in [-0.1, -0.05) is 0 Å². The Kier molecular flexibility index (Phi) is 7.51. The molecule has 0 aliphatic rings. The molecule has 0 aliphatic carbocycles. The van der Waals surface area contributed by atoms with Crippen LogP contribution in [0.4, 0.5) is 5.00 Å². The van der Waals surface area contributed by atoms with Crippen LogP contribution in [0.5, 0.6) is 5.88 Å². The zero-order chi connectivity index (χ0) is 20.7. The third-order valence-electron chi connectivity index (χ3n) is 3.72. The molecule has 0 bridgehead atoms. The van der Waals surface area contributed by atoms with Crippen molar-refractivity contribution in [2.45, 2.75) is 27.7 Å². The second kappa shape index (κ2) is 9.84. The van der Waals surface area contributed by atoms with E-state index in [1.165, 1.54) is 23.6 Å². The van der Waals surface area contributed by atoms with Crippen molar-refractivity contribution in [1.29, 1.82) is 0 Å². The van der Waals surface area contributed by atoms with Crippen LogP contribution in [0.15, 0.2) is 18.3 Å². The van der Waals surface area contributed by atoms with Gasteiger partial charge in [-0.05, 0) is 45.4 Å². The van der Waals surface area contributed by atoms with E-state index < -0.39 is 24.5 Å². The number of ether oxygens (including phenoxy) is 3. The lowest BCUT2D eigenvalue weighted by Crippen LogP contribution is -2.22. The van der Waals surface area contributed by atoms with Gasteiger partial charge in [0.05, 0.1) is 18.8 Å². The zero-order valence-corrected chi connectivity index (χ0v) is 17.0. The van der Waals surface area contributed by atoms with E-state index in [0.29, 0.717) is 17.2 Å². The molecule has 0 fully saturated rings. The molecule has 150 valence electrons. The van der Waals surface area contributed by atoms with Crippen LogP contribution in [-0.4, -0.2) is 42.7 Å². The van der Waals surface area contributed by atoms with E-state index in [9.17, 15) is 14.4 Å². The molecule has 2 aromatic heterocycles. The number of rotatable bonds is 8. The number of anilines is 1. The Morgan fingerprint density at radius 2 is 1.86 bits per heavy atom. The largest absolute Gasteiger partial charge is 0.477 e. The average Bonchev–Trinajstić information content (AvgIpc) is 2.94. The topological polar surface area (TPSA) is 104 Å². The van der Waals surface area contributed by atoms with Crippen LogP contribution in [0.2, 0.25) is 0 Å². The van der Waals surface area contributed by atoms with Crippen LogP contribution in [-0.2, 0) is 14.3 Å². The number of hydrogen-bond donors (Lipinski definition) is 1. The normalized spacial score (nSPS) is 10.3. The molecule has 1 amide bonds. The number of aryl methyl sites for hydroxylation is 1. The van der Waals surface area contributed by atoms with Crippen molar-refractivity contribution in [3.05, 3.63) is 39.9 Å². The molecule has 2 aromatic rings. The molecule has 28 heavy (non-hydrogen) atoms. The molecule has 0 unspecified atom stereocenters. The van der Waals surface area contributed by atoms with Gasteiger partial charge < -0.3 is 19.5 Å². The van der Waals surface area contributed by atoms with E-state index in [1.807, 2.05) is 6.92 Å². The van der Waals surface area contributed by atoms with E-state index in [-0.39, 0.29) is 18.1 Å². The molecule has 1 N–H and O–H groups in total. The van der Waals surface area contributed by atoms with E-state index >= 15 is 0 Å². The van der Waals surface area contributed by atoms with Crippen LogP contribution in [0.3, 0.4) is 0 Å². The summed E-state index contributed by atoms with van der Waals surface area (Å²) in [5, 5.41) is 2.98. The number of aromatic nitrogens is 1. The molecule has 0 saturated heterocycles. The Bertz CT molecular complexity index is 877. The zero-order valence-electron chi connectivity index (χ0n) is 16.2. The van der Waals surface area contributed by atoms with Gasteiger partial charge in [-0.3, -0.25) is 4.79 Å². The Morgan fingerprint density at radius 1 is 1.11 bits per heavy atom. The molecular weight excluding hydrogens is 384 g/mol. The lowest BCUT2D eigenvalue weighted by Gasteiger charge is -2.09. The third-order valence-corrected chi connectivity index (χ3v) is 4.85. The average molecular weight is 406 g/mol. The molecule has 0 spiro atoms. The van der Waals surface area contributed by atoms with Crippen LogP contribution >= 0.6 is 11.3 Å². The number of esters is 2. The maximum absolute atomic E-state index is 12.2. The molecule has 2 rings (SSSR count). The number of carbonyl (C=O) groups is 3. The number of amides is 1. The van der Waals surface area contributed by atoms with E-state index in [0.717, 1.165) is 10.4 Å². The van der Waals surface area contributed by atoms with E-state index in [2.05, 4.69) is 10.3 Å². The van der Waals surface area contributed by atoms with Gasteiger partial charge in [0.2, 0.25) is 5.88 Å². The van der Waals surface area contributed by atoms with Crippen LogP contribution in [0, 0.1) is 13.8 Å². The summed E-state index contributed by atoms with van der Waals surface area (Å²) in [6, 6.07) is 3.07. The van der Waals surface area contributed by atoms with Crippen molar-refractivity contribution < 1.29 is 28.6 Å². The molecule has 0 aromatic carbocycles. The first kappa shape index (κ1) is 21.4. The van der Waals surface area contributed by atoms with E-state index in [1.54, 1.807) is 26.8 Å². The summed E-state index contributed by atoms with van der Waals surface area (Å²) < 4.78 is 15.4. The molecule has 0 saturated carbocycles. The first-order valence-electron chi connectivity index (χ1n) is 8.70. The lowest BCUT2D eigenvalue weighted by atomic mass is 10.1. The molecule has 2 heterocycles. The lowest BCUT2D eigenvalue weighted by molar-refractivity contribution is -0.119. The molecular formula is C19H22N2O6S. The summed E-state index contributed by atoms with van der Waals surface area (Å²) in [7, 11) is 0. The summed E-state index contributed by atoms with van der Waals surface area (Å²) >= 11 is 1.26. The minimum Gasteiger partial charge on any atom is -0.477 e. The Labute approximate surface area is 166 Å². The molecule has 8 nitrogen and oxygen atoms in total. The Morgan fingerprint density at radius 3 is 2.54 bits per heavy atom. The number of nitrogens with one attached hydrogen (secondary N) is 1. The first-order valence-corrected chi connectivity index (χ1v) is 9.52. The fraction of sp³-hybridized carbons (Fsp3) is 0.368. The highest BCUT2D eigenvalue weighted by molar-refractivity contribution is 7.16. The van der Waals surface area contributed by atoms with Crippen molar-refractivity contribution in [1.82, 2.24) is 4.98 Å². The smallest absolute Gasteiger partial charge is 0.344 e. The van der Waals surface area contributed by atoms with Crippen LogP contribution < -0.4 is 10.1 Å². The van der Waals surface area contributed by atoms with Gasteiger partial charge in [-0.15, -0.1) is 11.3 Å². The van der Waals surface area contributed by atoms with Gasteiger partial charge in [0.15, 0.2) is 6.61 Å². The van der Waals surface area contributed by atoms with Crippen molar-refractivity contribution in [3.8, 4) is 5.88 Å². The Balaban J connectivity index is 2.05. The van der Waals surface area contributed by atoms with Crippen LogP contribution in [0.25, 0.3) is 0 Å². The number of hydrogen-bond acceptors (Lipinski definition) is 8. The SMILES string of the molecule is CCOC(=O)c1c(NC(=O)COC(=O)c2cccnc2OCC)sc(C)c1C. The van der Waals surface area contributed by atoms with Gasteiger partial charge in [0.25, 0.3) is 5.91 Å². The predicted octanol–water partition coefficient (Wildman–Crippen LogP) is 3.13. The second-order valence-electron chi connectivity index (χ2n) is 5.62. The standard InChI is InChI=1S/C19H22N2O6S/c1-5-25-16-13(8-7-9-20-16)18(23)27-10-14(22)21-17-15(19(24)26-6-2)11(3)12(4)28-17/h7-9H,5-6,10H2,1-4H3,(H,21,22). The van der Waals surface area contributed by atoms with E-state index in [4.69, 9.17) is 14.2 Å². The Hall–Kier alpha value is -2.94. The van der Waals surface area contributed by atoms with Crippen molar-refractivity contribution >= 4 is 34.2 Å².